The first kappa shape index (κ1) is 19.7. The summed E-state index contributed by atoms with van der Waals surface area (Å²) in [4.78, 5) is 0. The summed E-state index contributed by atoms with van der Waals surface area (Å²) in [5, 5.41) is 0. The molecule has 0 aliphatic heterocycles. The van der Waals surface area contributed by atoms with Crippen LogP contribution < -0.4 is 10.5 Å². The molecule has 0 fully saturated rings. The second-order valence-electron chi connectivity index (χ2n) is 5.10. The first-order chi connectivity index (χ1) is 11.7. The van der Waals surface area contributed by atoms with Crippen LogP contribution in [0.5, 0.6) is 11.5 Å². The van der Waals surface area contributed by atoms with Crippen molar-refractivity contribution in [1.82, 2.24) is 0 Å². The minimum Gasteiger partial charge on any atom is -0.457 e. The molecule has 0 spiro atoms. The fourth-order valence-corrected chi connectivity index (χ4v) is 1.97. The predicted molar refractivity (Wildman–Crippen MR) is 72.4 cm³/mol. The van der Waals surface area contributed by atoms with Crippen molar-refractivity contribution in [3.8, 4) is 11.5 Å². The summed E-state index contributed by atoms with van der Waals surface area (Å²) in [7, 11) is 0. The molecule has 2 rings (SSSR count). The van der Waals surface area contributed by atoms with Crippen molar-refractivity contribution in [3.05, 3.63) is 53.1 Å². The summed E-state index contributed by atoms with van der Waals surface area (Å²) >= 11 is 0. The van der Waals surface area contributed by atoms with Gasteiger partial charge in [0.05, 0.1) is 11.1 Å². The normalized spacial score (nSPS) is 13.0. The molecule has 0 aromatic heterocycles. The summed E-state index contributed by atoms with van der Waals surface area (Å²) < 4.78 is 120. The molecule has 26 heavy (non-hydrogen) atoms. The van der Waals surface area contributed by atoms with Crippen LogP contribution in [0.3, 0.4) is 0 Å². The molecule has 2 aromatic carbocycles. The van der Waals surface area contributed by atoms with E-state index in [0.717, 1.165) is 6.07 Å². The topological polar surface area (TPSA) is 35.2 Å². The van der Waals surface area contributed by atoms with Crippen LogP contribution in [-0.2, 0) is 18.5 Å². The van der Waals surface area contributed by atoms with E-state index in [9.17, 15) is 39.5 Å². The molecule has 0 bridgehead atoms. The molecule has 0 amide bonds. The number of rotatable bonds is 2. The Bertz CT molecular complexity index is 774. The van der Waals surface area contributed by atoms with Crippen LogP contribution in [0.25, 0.3) is 0 Å². The number of nitrogens with two attached hydrogens (primary N) is 1. The van der Waals surface area contributed by atoms with Crippen molar-refractivity contribution in [2.75, 3.05) is 5.73 Å². The van der Waals surface area contributed by atoms with E-state index >= 15 is 0 Å². The molecule has 0 radical (unpaired) electrons. The van der Waals surface area contributed by atoms with E-state index in [-0.39, 0.29) is 23.9 Å². The van der Waals surface area contributed by atoms with E-state index in [0.29, 0.717) is 12.1 Å². The molecule has 0 aliphatic rings. The van der Waals surface area contributed by atoms with Gasteiger partial charge in [-0.15, -0.1) is 0 Å². The molecule has 2 N–H and O–H groups in total. The number of ether oxygens (including phenoxy) is 1. The Morgan fingerprint density at radius 3 is 1.58 bits per heavy atom. The van der Waals surface area contributed by atoms with Gasteiger partial charge in [0.2, 0.25) is 0 Å². The molecule has 0 aliphatic carbocycles. The Hall–Kier alpha value is -2.59. The van der Waals surface area contributed by atoms with Gasteiger partial charge < -0.3 is 10.5 Å². The Labute approximate surface area is 140 Å². The first-order valence-corrected chi connectivity index (χ1v) is 6.62. The number of hydrogen-bond donors (Lipinski definition) is 1. The van der Waals surface area contributed by atoms with Gasteiger partial charge in [-0.05, 0) is 36.4 Å². The maximum Gasteiger partial charge on any atom is 0.420 e. The van der Waals surface area contributed by atoms with Crippen molar-refractivity contribution < 1.29 is 44.3 Å². The number of hydrogen-bond acceptors (Lipinski definition) is 2. The number of benzene rings is 2. The van der Waals surface area contributed by atoms with Crippen molar-refractivity contribution >= 4 is 5.69 Å². The third-order valence-corrected chi connectivity index (χ3v) is 3.10. The highest BCUT2D eigenvalue weighted by atomic mass is 19.4. The first-order valence-electron chi connectivity index (χ1n) is 6.62. The largest absolute Gasteiger partial charge is 0.457 e. The molecule has 0 saturated carbocycles. The highest BCUT2D eigenvalue weighted by Crippen LogP contribution is 2.42. The third-order valence-electron chi connectivity index (χ3n) is 3.10. The van der Waals surface area contributed by atoms with E-state index in [4.69, 9.17) is 5.73 Å². The maximum absolute atomic E-state index is 13.0. The van der Waals surface area contributed by atoms with Crippen LogP contribution >= 0.6 is 0 Å². The average Bonchev–Trinajstić information content (AvgIpc) is 2.46. The smallest absolute Gasteiger partial charge is 0.420 e. The lowest BCUT2D eigenvalue weighted by atomic mass is 10.1. The zero-order valence-electron chi connectivity index (χ0n) is 12.4. The van der Waals surface area contributed by atoms with Crippen LogP contribution in [0.15, 0.2) is 36.4 Å². The van der Waals surface area contributed by atoms with Gasteiger partial charge in [-0.3, -0.25) is 0 Å². The second kappa shape index (κ2) is 6.29. The highest BCUT2D eigenvalue weighted by Gasteiger charge is 2.38. The van der Waals surface area contributed by atoms with E-state index in [1.165, 1.54) is 0 Å². The van der Waals surface area contributed by atoms with Crippen LogP contribution in [0.4, 0.5) is 45.2 Å². The summed E-state index contributed by atoms with van der Waals surface area (Å²) in [6.07, 6.45) is -15.3. The van der Waals surface area contributed by atoms with Gasteiger partial charge in [-0.25, -0.2) is 0 Å². The third kappa shape index (κ3) is 4.52. The lowest BCUT2D eigenvalue weighted by molar-refractivity contribution is -0.143. The molecular weight excluding hydrogens is 381 g/mol. The van der Waals surface area contributed by atoms with Gasteiger partial charge in [0.1, 0.15) is 17.1 Å². The molecule has 0 unspecified atom stereocenters. The molecule has 142 valence electrons. The molecule has 0 heterocycles. The number of nitrogen functional groups attached to an aromatic ring is 1. The molecule has 0 saturated heterocycles. The van der Waals surface area contributed by atoms with Crippen molar-refractivity contribution in [1.29, 1.82) is 0 Å². The maximum atomic E-state index is 13.0. The second-order valence-corrected chi connectivity index (χ2v) is 5.10. The zero-order valence-corrected chi connectivity index (χ0v) is 12.4. The van der Waals surface area contributed by atoms with Gasteiger partial charge >= 0.3 is 18.5 Å². The van der Waals surface area contributed by atoms with E-state index in [1.54, 1.807) is 0 Å². The molecule has 11 heteroatoms. The number of alkyl halides is 9. The minimum absolute atomic E-state index is 0.166. The van der Waals surface area contributed by atoms with Crippen LogP contribution in [0.2, 0.25) is 0 Å². The highest BCUT2D eigenvalue weighted by molar-refractivity contribution is 5.51. The van der Waals surface area contributed by atoms with Gasteiger partial charge in [0, 0.05) is 5.69 Å². The molecule has 2 nitrogen and oxygen atoms in total. The van der Waals surface area contributed by atoms with Crippen molar-refractivity contribution in [2.45, 2.75) is 18.5 Å². The SMILES string of the molecule is Nc1ccc(Oc2cc(C(F)(F)F)cc(C(F)(F)F)c2)c(C(F)(F)F)c1. The standard InChI is InChI=1S/C15H8F9NO/c16-13(17,18)7-3-8(14(19,20)21)5-10(4-7)26-12-2-1-9(25)6-11(12)15(22,23)24/h1-6H,25H2. The quantitative estimate of drug-likeness (QED) is 0.496. The Kier molecular flexibility index (Phi) is 4.77. The van der Waals surface area contributed by atoms with Gasteiger partial charge in [0.15, 0.2) is 0 Å². The lowest BCUT2D eigenvalue weighted by Gasteiger charge is -2.17. The summed E-state index contributed by atoms with van der Waals surface area (Å²) in [5.74, 6) is -2.04. The Balaban J connectivity index is 2.57. The van der Waals surface area contributed by atoms with E-state index in [1.807, 2.05) is 0 Å². The van der Waals surface area contributed by atoms with E-state index < -0.39 is 46.7 Å². The average molecular weight is 389 g/mol. The fourth-order valence-electron chi connectivity index (χ4n) is 1.97. The number of halogens is 9. The summed E-state index contributed by atoms with van der Waals surface area (Å²) in [5.41, 5.74) is 0.0378. The monoisotopic (exact) mass is 389 g/mol. The van der Waals surface area contributed by atoms with Crippen LogP contribution in [-0.4, -0.2) is 0 Å². The predicted octanol–water partition coefficient (Wildman–Crippen LogP) is 6.12. The lowest BCUT2D eigenvalue weighted by Crippen LogP contribution is -2.12. The van der Waals surface area contributed by atoms with Gasteiger partial charge in [-0.1, -0.05) is 0 Å². The molecule has 2 aromatic rings. The van der Waals surface area contributed by atoms with Gasteiger partial charge in [-0.2, -0.15) is 39.5 Å². The zero-order chi connectivity index (χ0) is 19.9. The van der Waals surface area contributed by atoms with Gasteiger partial charge in [0.25, 0.3) is 0 Å². The van der Waals surface area contributed by atoms with Crippen molar-refractivity contribution in [3.63, 3.8) is 0 Å². The minimum atomic E-state index is -5.16. The molecule has 0 atom stereocenters. The summed E-state index contributed by atoms with van der Waals surface area (Å²) in [6, 6.07) is 2.29. The molecular formula is C15H8F9NO. The Morgan fingerprint density at radius 1 is 0.654 bits per heavy atom. The van der Waals surface area contributed by atoms with Crippen LogP contribution in [0, 0.1) is 0 Å². The Morgan fingerprint density at radius 2 is 1.15 bits per heavy atom. The van der Waals surface area contributed by atoms with Crippen LogP contribution in [0.1, 0.15) is 16.7 Å². The fraction of sp³-hybridized carbons (Fsp3) is 0.200. The van der Waals surface area contributed by atoms with Crippen molar-refractivity contribution in [2.24, 2.45) is 0 Å². The summed E-state index contributed by atoms with van der Waals surface area (Å²) in [6.45, 7) is 0. The number of anilines is 1. The van der Waals surface area contributed by atoms with E-state index in [2.05, 4.69) is 4.74 Å².